The van der Waals surface area contributed by atoms with Gasteiger partial charge in [0.25, 0.3) is 0 Å². The van der Waals surface area contributed by atoms with Gasteiger partial charge in [-0.05, 0) is 32.3 Å². The van der Waals surface area contributed by atoms with Crippen molar-refractivity contribution in [2.24, 2.45) is 0 Å². The maximum absolute atomic E-state index is 12.7. The molecule has 2 heterocycles. The minimum Gasteiger partial charge on any atom is -0.381 e. The van der Waals surface area contributed by atoms with E-state index in [0.29, 0.717) is 19.6 Å². The van der Waals surface area contributed by atoms with Gasteiger partial charge in [0.05, 0.1) is 18.8 Å². The molecule has 5 nitrogen and oxygen atoms in total. The Labute approximate surface area is 144 Å². The summed E-state index contributed by atoms with van der Waals surface area (Å²) < 4.78 is 11.3. The number of hydrogen-bond acceptors (Lipinski definition) is 4. The zero-order valence-corrected chi connectivity index (χ0v) is 14.7. The van der Waals surface area contributed by atoms with Gasteiger partial charge in [0.2, 0.25) is 5.91 Å². The molecule has 0 aliphatic carbocycles. The van der Waals surface area contributed by atoms with Crippen LogP contribution in [0.2, 0.25) is 0 Å². The molecule has 0 saturated carbocycles. The number of rotatable bonds is 4. The first-order valence-electron chi connectivity index (χ1n) is 8.91. The summed E-state index contributed by atoms with van der Waals surface area (Å²) in [6, 6.07) is 10.4. The molecule has 1 N–H and O–H groups in total. The van der Waals surface area contributed by atoms with Crippen LogP contribution < -0.4 is 5.32 Å². The first-order valence-corrected chi connectivity index (χ1v) is 8.91. The SMILES string of the molecule is CC1CN(C(=O)CNC2(c3ccccc3)CCOCC2)CC(C)O1. The maximum Gasteiger partial charge on any atom is 0.236 e. The standard InChI is InChI=1S/C19H28N2O3/c1-15-13-21(14-16(2)24-15)18(22)12-20-19(8-10-23-11-9-19)17-6-4-3-5-7-17/h3-7,15-16,20H,8-14H2,1-2H3. The highest BCUT2D eigenvalue weighted by molar-refractivity contribution is 5.78. The number of hydrogen-bond donors (Lipinski definition) is 1. The smallest absolute Gasteiger partial charge is 0.236 e. The lowest BCUT2D eigenvalue weighted by Crippen LogP contribution is -2.54. The molecular formula is C19H28N2O3. The van der Waals surface area contributed by atoms with Gasteiger partial charge in [0.15, 0.2) is 0 Å². The first kappa shape index (κ1) is 17.4. The molecule has 24 heavy (non-hydrogen) atoms. The van der Waals surface area contributed by atoms with Gasteiger partial charge in [-0.1, -0.05) is 30.3 Å². The average Bonchev–Trinajstić information content (AvgIpc) is 2.60. The van der Waals surface area contributed by atoms with Crippen LogP contribution in [-0.4, -0.2) is 55.9 Å². The monoisotopic (exact) mass is 332 g/mol. The molecule has 2 aliphatic heterocycles. The number of ether oxygens (including phenoxy) is 2. The molecular weight excluding hydrogens is 304 g/mol. The summed E-state index contributed by atoms with van der Waals surface area (Å²) >= 11 is 0. The second-order valence-electron chi connectivity index (χ2n) is 6.97. The topological polar surface area (TPSA) is 50.8 Å². The van der Waals surface area contributed by atoms with Crippen LogP contribution in [0.1, 0.15) is 32.3 Å². The Bertz CT molecular complexity index is 533. The van der Waals surface area contributed by atoms with Crippen LogP contribution >= 0.6 is 0 Å². The molecule has 1 aromatic rings. The van der Waals surface area contributed by atoms with Gasteiger partial charge in [-0.25, -0.2) is 0 Å². The van der Waals surface area contributed by atoms with Crippen molar-refractivity contribution in [3.05, 3.63) is 35.9 Å². The lowest BCUT2D eigenvalue weighted by molar-refractivity contribution is -0.142. The van der Waals surface area contributed by atoms with E-state index in [1.807, 2.05) is 24.8 Å². The van der Waals surface area contributed by atoms with E-state index >= 15 is 0 Å². The van der Waals surface area contributed by atoms with E-state index in [2.05, 4.69) is 29.6 Å². The summed E-state index contributed by atoms with van der Waals surface area (Å²) in [5.41, 5.74) is 1.07. The molecule has 0 radical (unpaired) electrons. The summed E-state index contributed by atoms with van der Waals surface area (Å²) in [6.45, 7) is 7.19. The number of morpholine rings is 1. The minimum atomic E-state index is -0.168. The largest absolute Gasteiger partial charge is 0.381 e. The fourth-order valence-corrected chi connectivity index (χ4v) is 3.78. The summed E-state index contributed by atoms with van der Waals surface area (Å²) in [5, 5.41) is 3.57. The Kier molecular flexibility index (Phi) is 5.54. The normalized spacial score (nSPS) is 27.0. The van der Waals surface area contributed by atoms with Crippen molar-refractivity contribution in [1.29, 1.82) is 0 Å². The van der Waals surface area contributed by atoms with E-state index in [1.165, 1.54) is 5.56 Å². The van der Waals surface area contributed by atoms with Crippen LogP contribution in [0.4, 0.5) is 0 Å². The van der Waals surface area contributed by atoms with Crippen molar-refractivity contribution < 1.29 is 14.3 Å². The molecule has 2 fully saturated rings. The number of nitrogens with one attached hydrogen (secondary N) is 1. The summed E-state index contributed by atoms with van der Waals surface area (Å²) in [4.78, 5) is 14.6. The molecule has 132 valence electrons. The number of nitrogens with zero attached hydrogens (tertiary/aromatic N) is 1. The Hall–Kier alpha value is -1.43. The summed E-state index contributed by atoms with van der Waals surface area (Å²) in [7, 11) is 0. The second kappa shape index (κ2) is 7.64. The van der Waals surface area contributed by atoms with Gasteiger partial charge >= 0.3 is 0 Å². The quantitative estimate of drug-likeness (QED) is 0.915. The van der Waals surface area contributed by atoms with E-state index < -0.39 is 0 Å². The van der Waals surface area contributed by atoms with Crippen LogP contribution in [0.5, 0.6) is 0 Å². The van der Waals surface area contributed by atoms with Gasteiger partial charge in [-0.15, -0.1) is 0 Å². The minimum absolute atomic E-state index is 0.101. The highest BCUT2D eigenvalue weighted by Crippen LogP contribution is 2.31. The molecule has 3 rings (SSSR count). The third kappa shape index (κ3) is 3.97. The molecule has 0 spiro atoms. The lowest BCUT2D eigenvalue weighted by atomic mass is 9.82. The highest BCUT2D eigenvalue weighted by atomic mass is 16.5. The first-order chi connectivity index (χ1) is 11.6. The van der Waals surface area contributed by atoms with Crippen LogP contribution in [0.25, 0.3) is 0 Å². The van der Waals surface area contributed by atoms with Gasteiger partial charge < -0.3 is 14.4 Å². The number of carbonyl (C=O) groups excluding carboxylic acids is 1. The van der Waals surface area contributed by atoms with E-state index in [9.17, 15) is 4.79 Å². The third-order valence-corrected chi connectivity index (χ3v) is 5.02. The zero-order chi connectivity index (χ0) is 17.0. The molecule has 2 aliphatic rings. The lowest BCUT2D eigenvalue weighted by Gasteiger charge is -2.40. The van der Waals surface area contributed by atoms with Crippen LogP contribution in [0, 0.1) is 0 Å². The molecule has 2 saturated heterocycles. The number of benzene rings is 1. The van der Waals surface area contributed by atoms with Crippen molar-refractivity contribution >= 4 is 5.91 Å². The van der Waals surface area contributed by atoms with Crippen molar-refractivity contribution in [2.75, 3.05) is 32.8 Å². The Morgan fingerprint density at radius 2 is 1.79 bits per heavy atom. The summed E-state index contributed by atoms with van der Waals surface area (Å²) in [6.07, 6.45) is 1.98. The molecule has 5 heteroatoms. The Morgan fingerprint density at radius 1 is 1.17 bits per heavy atom. The van der Waals surface area contributed by atoms with E-state index in [1.54, 1.807) is 0 Å². The van der Waals surface area contributed by atoms with Crippen LogP contribution in [-0.2, 0) is 19.8 Å². The van der Waals surface area contributed by atoms with E-state index in [0.717, 1.165) is 26.1 Å². The van der Waals surface area contributed by atoms with Crippen molar-refractivity contribution in [1.82, 2.24) is 10.2 Å². The molecule has 2 atom stereocenters. The highest BCUT2D eigenvalue weighted by Gasteiger charge is 2.35. The fourth-order valence-electron chi connectivity index (χ4n) is 3.78. The second-order valence-corrected chi connectivity index (χ2v) is 6.97. The third-order valence-electron chi connectivity index (χ3n) is 5.02. The zero-order valence-electron chi connectivity index (χ0n) is 14.7. The van der Waals surface area contributed by atoms with E-state index in [4.69, 9.17) is 9.47 Å². The van der Waals surface area contributed by atoms with E-state index in [-0.39, 0.29) is 23.7 Å². The van der Waals surface area contributed by atoms with Crippen LogP contribution in [0.3, 0.4) is 0 Å². The van der Waals surface area contributed by atoms with Gasteiger partial charge in [-0.3, -0.25) is 10.1 Å². The number of carbonyl (C=O) groups is 1. The number of amides is 1. The van der Waals surface area contributed by atoms with Crippen molar-refractivity contribution in [2.45, 2.75) is 44.4 Å². The predicted molar refractivity (Wildman–Crippen MR) is 92.8 cm³/mol. The van der Waals surface area contributed by atoms with Gasteiger partial charge in [0, 0.05) is 31.8 Å². The average molecular weight is 332 g/mol. The molecule has 0 aromatic heterocycles. The molecule has 0 bridgehead atoms. The van der Waals surface area contributed by atoms with Crippen LogP contribution in [0.15, 0.2) is 30.3 Å². The molecule has 2 unspecified atom stereocenters. The Balaban J connectivity index is 1.66. The maximum atomic E-state index is 12.7. The van der Waals surface area contributed by atoms with Crippen molar-refractivity contribution in [3.63, 3.8) is 0 Å². The summed E-state index contributed by atoms with van der Waals surface area (Å²) in [5.74, 6) is 0.152. The Morgan fingerprint density at radius 3 is 2.42 bits per heavy atom. The molecule has 1 aromatic carbocycles. The van der Waals surface area contributed by atoms with Gasteiger partial charge in [0.1, 0.15) is 0 Å². The van der Waals surface area contributed by atoms with Crippen molar-refractivity contribution in [3.8, 4) is 0 Å². The molecule has 1 amide bonds. The van der Waals surface area contributed by atoms with Gasteiger partial charge in [-0.2, -0.15) is 0 Å². The fraction of sp³-hybridized carbons (Fsp3) is 0.632. The predicted octanol–water partition coefficient (Wildman–Crippen LogP) is 1.92.